The number of hydrogen-bond acceptors (Lipinski definition) is 5. The van der Waals surface area contributed by atoms with Crippen molar-refractivity contribution in [3.8, 4) is 0 Å². The molecule has 0 radical (unpaired) electrons. The van der Waals surface area contributed by atoms with E-state index in [-0.39, 0.29) is 0 Å². The fraction of sp³-hybridized carbons (Fsp3) is 0.429. The maximum atomic E-state index is 4.47. The van der Waals surface area contributed by atoms with Gasteiger partial charge in [0.15, 0.2) is 5.13 Å². The van der Waals surface area contributed by atoms with Crippen LogP contribution in [-0.4, -0.2) is 30.1 Å². The predicted molar refractivity (Wildman–Crippen MR) is 80.7 cm³/mol. The van der Waals surface area contributed by atoms with E-state index in [1.807, 2.05) is 18.6 Å². The van der Waals surface area contributed by atoms with Crippen molar-refractivity contribution in [1.29, 1.82) is 0 Å². The summed E-state index contributed by atoms with van der Waals surface area (Å²) >= 11 is 1.76. The van der Waals surface area contributed by atoms with Gasteiger partial charge in [-0.2, -0.15) is 0 Å². The second kappa shape index (κ2) is 7.21. The van der Waals surface area contributed by atoms with Crippen LogP contribution in [0.1, 0.15) is 17.4 Å². The number of rotatable bonds is 7. The van der Waals surface area contributed by atoms with Crippen molar-refractivity contribution in [3.05, 3.63) is 41.2 Å². The summed E-state index contributed by atoms with van der Waals surface area (Å²) in [6.45, 7) is 4.98. The molecule has 0 aliphatic heterocycles. The van der Waals surface area contributed by atoms with Crippen LogP contribution in [0.2, 0.25) is 0 Å². The van der Waals surface area contributed by atoms with Gasteiger partial charge in [-0.05, 0) is 30.7 Å². The molecule has 0 saturated carbocycles. The van der Waals surface area contributed by atoms with E-state index in [1.54, 1.807) is 11.3 Å². The van der Waals surface area contributed by atoms with E-state index in [0.717, 1.165) is 31.2 Å². The van der Waals surface area contributed by atoms with Crippen LogP contribution in [0.5, 0.6) is 0 Å². The molecule has 2 aromatic rings. The molecule has 0 unspecified atom stereocenters. The zero-order chi connectivity index (χ0) is 13.5. The van der Waals surface area contributed by atoms with Gasteiger partial charge in [-0.3, -0.25) is 4.98 Å². The van der Waals surface area contributed by atoms with Gasteiger partial charge in [-0.25, -0.2) is 4.98 Å². The maximum Gasteiger partial charge on any atom is 0.185 e. The molecule has 0 amide bonds. The number of hydrogen-bond donors (Lipinski definition) is 1. The van der Waals surface area contributed by atoms with E-state index in [4.69, 9.17) is 0 Å². The number of nitrogens with zero attached hydrogens (tertiary/aromatic N) is 3. The summed E-state index contributed by atoms with van der Waals surface area (Å²) in [7, 11) is 2.09. The Morgan fingerprint density at radius 1 is 1.32 bits per heavy atom. The molecule has 5 heteroatoms. The molecule has 0 aromatic carbocycles. The highest BCUT2D eigenvalue weighted by Crippen LogP contribution is 2.21. The third-order valence-corrected chi connectivity index (χ3v) is 4.01. The first-order valence-electron chi connectivity index (χ1n) is 6.55. The lowest BCUT2D eigenvalue weighted by Gasteiger charge is -2.15. The molecule has 0 saturated heterocycles. The molecule has 4 nitrogen and oxygen atoms in total. The quantitative estimate of drug-likeness (QED) is 0.842. The van der Waals surface area contributed by atoms with Crippen molar-refractivity contribution in [2.45, 2.75) is 19.9 Å². The first kappa shape index (κ1) is 14.0. The minimum absolute atomic E-state index is 0.909. The summed E-state index contributed by atoms with van der Waals surface area (Å²) in [5.41, 5.74) is 1.31. The minimum atomic E-state index is 0.909. The number of nitrogens with one attached hydrogen (secondary N) is 1. The SMILES string of the molecule is CCNCc1cnc(N(C)CCc2ccncc2)s1. The van der Waals surface area contributed by atoms with Crippen LogP contribution in [0.4, 0.5) is 5.13 Å². The average Bonchev–Trinajstić information content (AvgIpc) is 2.92. The van der Waals surface area contributed by atoms with Crippen molar-refractivity contribution in [2.75, 3.05) is 25.0 Å². The Bertz CT molecular complexity index is 483. The van der Waals surface area contributed by atoms with E-state index < -0.39 is 0 Å². The highest BCUT2D eigenvalue weighted by molar-refractivity contribution is 7.15. The summed E-state index contributed by atoms with van der Waals surface area (Å²) in [6, 6.07) is 4.12. The molecule has 0 fully saturated rings. The lowest BCUT2D eigenvalue weighted by molar-refractivity contribution is 0.734. The average molecular weight is 276 g/mol. The third-order valence-electron chi connectivity index (χ3n) is 2.90. The Hall–Kier alpha value is -1.46. The molecule has 2 rings (SSSR count). The molecule has 2 heterocycles. The molecule has 0 aliphatic carbocycles. The van der Waals surface area contributed by atoms with Crippen LogP contribution in [0.25, 0.3) is 0 Å². The second-order valence-electron chi connectivity index (χ2n) is 4.42. The zero-order valence-corrected chi connectivity index (χ0v) is 12.3. The first-order chi connectivity index (χ1) is 9.29. The summed E-state index contributed by atoms with van der Waals surface area (Å²) in [5, 5.41) is 4.40. The van der Waals surface area contributed by atoms with Gasteiger partial charge in [-0.1, -0.05) is 6.92 Å². The number of likely N-dealkylation sites (N-methyl/N-ethyl adjacent to an activating group) is 1. The Kier molecular flexibility index (Phi) is 5.30. The molecule has 102 valence electrons. The van der Waals surface area contributed by atoms with Crippen LogP contribution in [0, 0.1) is 0 Å². The largest absolute Gasteiger partial charge is 0.351 e. The molecular formula is C14H20N4S. The summed E-state index contributed by atoms with van der Waals surface area (Å²) in [5.74, 6) is 0. The lowest BCUT2D eigenvalue weighted by Crippen LogP contribution is -2.19. The van der Waals surface area contributed by atoms with Gasteiger partial charge in [0.25, 0.3) is 0 Å². The first-order valence-corrected chi connectivity index (χ1v) is 7.36. The summed E-state index contributed by atoms with van der Waals surface area (Å²) in [4.78, 5) is 12.0. The summed E-state index contributed by atoms with van der Waals surface area (Å²) < 4.78 is 0. The predicted octanol–water partition coefficient (Wildman–Crippen LogP) is 2.33. The molecule has 19 heavy (non-hydrogen) atoms. The van der Waals surface area contributed by atoms with Gasteiger partial charge < -0.3 is 10.2 Å². The molecule has 0 aliphatic rings. The molecule has 1 N–H and O–H groups in total. The van der Waals surface area contributed by atoms with E-state index in [1.165, 1.54) is 10.4 Å². The Morgan fingerprint density at radius 3 is 2.84 bits per heavy atom. The second-order valence-corrected chi connectivity index (χ2v) is 5.51. The highest BCUT2D eigenvalue weighted by Gasteiger charge is 2.06. The van der Waals surface area contributed by atoms with Crippen LogP contribution in [0.15, 0.2) is 30.7 Å². The monoisotopic (exact) mass is 276 g/mol. The van der Waals surface area contributed by atoms with Gasteiger partial charge >= 0.3 is 0 Å². The van der Waals surface area contributed by atoms with Gasteiger partial charge in [0.05, 0.1) is 0 Å². The molecule has 0 bridgehead atoms. The van der Waals surface area contributed by atoms with E-state index in [0.29, 0.717) is 0 Å². The van der Waals surface area contributed by atoms with Crippen molar-refractivity contribution >= 4 is 16.5 Å². The van der Waals surface area contributed by atoms with Crippen LogP contribution >= 0.6 is 11.3 Å². The van der Waals surface area contributed by atoms with Gasteiger partial charge in [-0.15, -0.1) is 11.3 Å². The van der Waals surface area contributed by atoms with Crippen molar-refractivity contribution < 1.29 is 0 Å². The molecule has 0 spiro atoms. The van der Waals surface area contributed by atoms with Crippen LogP contribution in [-0.2, 0) is 13.0 Å². The van der Waals surface area contributed by atoms with Gasteiger partial charge in [0, 0.05) is 43.6 Å². The Morgan fingerprint density at radius 2 is 2.11 bits per heavy atom. The number of anilines is 1. The standard InChI is InChI=1S/C14H20N4S/c1-3-15-10-13-11-17-14(19-13)18(2)9-6-12-4-7-16-8-5-12/h4-5,7-8,11,15H,3,6,9-10H2,1-2H3. The smallest absolute Gasteiger partial charge is 0.185 e. The fourth-order valence-electron chi connectivity index (χ4n) is 1.75. The van der Waals surface area contributed by atoms with E-state index in [2.05, 4.69) is 46.3 Å². The lowest BCUT2D eigenvalue weighted by atomic mass is 10.2. The van der Waals surface area contributed by atoms with Crippen molar-refractivity contribution in [3.63, 3.8) is 0 Å². The molecular weight excluding hydrogens is 256 g/mol. The number of pyridine rings is 1. The van der Waals surface area contributed by atoms with E-state index in [9.17, 15) is 0 Å². The van der Waals surface area contributed by atoms with Crippen LogP contribution < -0.4 is 10.2 Å². The fourth-order valence-corrected chi connectivity index (χ4v) is 2.61. The third kappa shape index (κ3) is 4.29. The van der Waals surface area contributed by atoms with Gasteiger partial charge in [0.2, 0.25) is 0 Å². The summed E-state index contributed by atoms with van der Waals surface area (Å²) in [6.07, 6.45) is 6.66. The molecule has 2 aromatic heterocycles. The highest BCUT2D eigenvalue weighted by atomic mass is 32.1. The number of thiazole rings is 1. The van der Waals surface area contributed by atoms with Crippen molar-refractivity contribution in [2.24, 2.45) is 0 Å². The number of aromatic nitrogens is 2. The topological polar surface area (TPSA) is 41.1 Å². The van der Waals surface area contributed by atoms with E-state index >= 15 is 0 Å². The Balaban J connectivity index is 1.85. The Labute approximate surface area is 118 Å². The normalized spacial score (nSPS) is 10.6. The van der Waals surface area contributed by atoms with Crippen LogP contribution in [0.3, 0.4) is 0 Å². The van der Waals surface area contributed by atoms with Gasteiger partial charge in [0.1, 0.15) is 0 Å². The molecule has 0 atom stereocenters. The minimum Gasteiger partial charge on any atom is -0.351 e. The van der Waals surface area contributed by atoms with Crippen molar-refractivity contribution in [1.82, 2.24) is 15.3 Å². The maximum absolute atomic E-state index is 4.47. The zero-order valence-electron chi connectivity index (χ0n) is 11.5.